The highest BCUT2D eigenvalue weighted by Gasteiger charge is 2.21. The molecule has 3 rings (SSSR count). The minimum absolute atomic E-state index is 0.0769. The summed E-state index contributed by atoms with van der Waals surface area (Å²) in [5.41, 5.74) is 10.6. The van der Waals surface area contributed by atoms with E-state index in [-0.39, 0.29) is 6.61 Å². The number of anilines is 1. The molecule has 0 amide bonds. The second kappa shape index (κ2) is 7.43. The predicted octanol–water partition coefficient (Wildman–Crippen LogP) is 4.11. The van der Waals surface area contributed by atoms with E-state index in [1.165, 1.54) is 12.8 Å². The van der Waals surface area contributed by atoms with Crippen molar-refractivity contribution in [2.45, 2.75) is 19.4 Å². The van der Waals surface area contributed by atoms with Crippen molar-refractivity contribution in [2.75, 3.05) is 11.9 Å². The molecule has 1 fully saturated rings. The second-order valence-corrected chi connectivity index (χ2v) is 6.13. The number of nitrogens with one attached hydrogen (secondary N) is 2. The van der Waals surface area contributed by atoms with E-state index in [1.807, 2.05) is 12.1 Å². The molecule has 1 aliphatic carbocycles. The van der Waals surface area contributed by atoms with E-state index in [0.29, 0.717) is 33.3 Å². The Morgan fingerprint density at radius 3 is 2.88 bits per heavy atom. The van der Waals surface area contributed by atoms with Gasteiger partial charge in [0.1, 0.15) is 5.69 Å². The van der Waals surface area contributed by atoms with Crippen molar-refractivity contribution < 1.29 is 5.11 Å². The number of halogens is 1. The molecule has 0 aliphatic heterocycles. The third-order valence-electron chi connectivity index (χ3n) is 3.83. The van der Waals surface area contributed by atoms with Crippen molar-refractivity contribution in [1.82, 2.24) is 4.98 Å². The fraction of sp³-hybridized carbons (Fsp3) is 0.278. The largest absolute Gasteiger partial charge is 0.392 e. The molecule has 2 aromatic rings. The minimum Gasteiger partial charge on any atom is -0.392 e. The lowest BCUT2D eigenvalue weighted by atomic mass is 10.1. The Morgan fingerprint density at radius 1 is 1.33 bits per heavy atom. The van der Waals surface area contributed by atoms with Crippen LogP contribution in [0.25, 0.3) is 0 Å². The maximum atomic E-state index is 9.13. The molecule has 1 aliphatic rings. The van der Waals surface area contributed by atoms with Crippen LogP contribution >= 0.6 is 11.6 Å². The highest BCUT2D eigenvalue weighted by atomic mass is 35.5. The normalized spacial score (nSPS) is 13.1. The molecule has 122 valence electrons. The monoisotopic (exact) mass is 340 g/mol. The second-order valence-electron chi connectivity index (χ2n) is 5.75. The molecule has 24 heavy (non-hydrogen) atoms. The van der Waals surface area contributed by atoms with Crippen molar-refractivity contribution in [3.05, 3.63) is 52.3 Å². The number of pyridine rings is 1. The van der Waals surface area contributed by atoms with Crippen molar-refractivity contribution in [1.29, 1.82) is 5.53 Å². The van der Waals surface area contributed by atoms with E-state index in [0.717, 1.165) is 12.2 Å². The SMILES string of the molecule is N=Nc1c(NCC2CC2)ccc(C#Cc2cncc(CO)c2)c1Cl. The van der Waals surface area contributed by atoms with E-state index in [1.54, 1.807) is 18.5 Å². The average Bonchev–Trinajstić information content (AvgIpc) is 3.43. The first-order valence-electron chi connectivity index (χ1n) is 7.72. The Morgan fingerprint density at radius 2 is 2.17 bits per heavy atom. The van der Waals surface area contributed by atoms with Crippen LogP contribution in [0.5, 0.6) is 0 Å². The number of aromatic nitrogens is 1. The summed E-state index contributed by atoms with van der Waals surface area (Å²) in [5, 5.41) is 16.4. The van der Waals surface area contributed by atoms with E-state index in [2.05, 4.69) is 27.3 Å². The van der Waals surface area contributed by atoms with Crippen LogP contribution < -0.4 is 5.32 Å². The summed E-state index contributed by atoms with van der Waals surface area (Å²) in [5.74, 6) is 6.68. The van der Waals surface area contributed by atoms with Crippen LogP contribution in [-0.2, 0) is 6.61 Å². The molecule has 1 aromatic heterocycles. The van der Waals surface area contributed by atoms with Crippen LogP contribution in [0.1, 0.15) is 29.5 Å². The summed E-state index contributed by atoms with van der Waals surface area (Å²) >= 11 is 6.36. The molecule has 5 nitrogen and oxygen atoms in total. The Labute approximate surface area is 145 Å². The smallest absolute Gasteiger partial charge is 0.128 e. The molecule has 6 heteroatoms. The molecule has 0 atom stereocenters. The third-order valence-corrected chi connectivity index (χ3v) is 4.21. The van der Waals surface area contributed by atoms with Gasteiger partial charge in [-0.25, -0.2) is 5.53 Å². The summed E-state index contributed by atoms with van der Waals surface area (Å²) in [6, 6.07) is 5.45. The lowest BCUT2D eigenvalue weighted by molar-refractivity contribution is 0.281. The zero-order valence-electron chi connectivity index (χ0n) is 13.0. The fourth-order valence-corrected chi connectivity index (χ4v) is 2.53. The molecular formula is C18H17ClN4O. The summed E-state index contributed by atoms with van der Waals surface area (Å²) in [4.78, 5) is 4.03. The Hall–Kier alpha value is -2.42. The average molecular weight is 341 g/mol. The van der Waals surface area contributed by atoms with Crippen LogP contribution in [0, 0.1) is 23.3 Å². The third kappa shape index (κ3) is 3.91. The highest BCUT2D eigenvalue weighted by molar-refractivity contribution is 6.34. The van der Waals surface area contributed by atoms with Crippen molar-refractivity contribution in [2.24, 2.45) is 11.0 Å². The molecule has 1 aromatic carbocycles. The lowest BCUT2D eigenvalue weighted by Gasteiger charge is -2.10. The van der Waals surface area contributed by atoms with Crippen LogP contribution in [-0.4, -0.2) is 16.6 Å². The van der Waals surface area contributed by atoms with Gasteiger partial charge in [-0.2, -0.15) is 5.11 Å². The van der Waals surface area contributed by atoms with Crippen molar-refractivity contribution >= 4 is 23.0 Å². The molecule has 0 bridgehead atoms. The van der Waals surface area contributed by atoms with Gasteiger partial charge in [-0.1, -0.05) is 23.4 Å². The lowest BCUT2D eigenvalue weighted by Crippen LogP contribution is -2.03. The van der Waals surface area contributed by atoms with Crippen LogP contribution in [0.2, 0.25) is 5.02 Å². The van der Waals surface area contributed by atoms with Gasteiger partial charge in [0.05, 0.1) is 17.3 Å². The van der Waals surface area contributed by atoms with Gasteiger partial charge in [0.25, 0.3) is 0 Å². The summed E-state index contributed by atoms with van der Waals surface area (Å²) < 4.78 is 0. The van der Waals surface area contributed by atoms with Gasteiger partial charge in [0, 0.05) is 30.1 Å². The van der Waals surface area contributed by atoms with Gasteiger partial charge in [0.15, 0.2) is 0 Å². The van der Waals surface area contributed by atoms with Gasteiger partial charge >= 0.3 is 0 Å². The number of hydrogen-bond acceptors (Lipinski definition) is 5. The van der Waals surface area contributed by atoms with Crippen LogP contribution in [0.3, 0.4) is 0 Å². The topological polar surface area (TPSA) is 81.4 Å². The summed E-state index contributed by atoms with van der Waals surface area (Å²) in [7, 11) is 0. The summed E-state index contributed by atoms with van der Waals surface area (Å²) in [6.07, 6.45) is 5.72. The maximum Gasteiger partial charge on any atom is 0.128 e. The Bertz CT molecular complexity index is 821. The quantitative estimate of drug-likeness (QED) is 0.566. The molecule has 0 radical (unpaired) electrons. The highest BCUT2D eigenvalue weighted by Crippen LogP contribution is 2.37. The number of aliphatic hydroxyl groups excluding tert-OH is 1. The molecule has 0 saturated heterocycles. The first kappa shape index (κ1) is 16.4. The summed E-state index contributed by atoms with van der Waals surface area (Å²) in [6.45, 7) is 0.802. The Balaban J connectivity index is 1.85. The van der Waals surface area contributed by atoms with Gasteiger partial charge in [-0.05, 0) is 42.5 Å². The van der Waals surface area contributed by atoms with E-state index < -0.39 is 0 Å². The maximum absolute atomic E-state index is 9.13. The number of aliphatic hydroxyl groups is 1. The van der Waals surface area contributed by atoms with Gasteiger partial charge in [-0.15, -0.1) is 0 Å². The number of nitrogens with zero attached hydrogens (tertiary/aromatic N) is 2. The molecule has 1 saturated carbocycles. The van der Waals surface area contributed by atoms with E-state index >= 15 is 0 Å². The first-order valence-corrected chi connectivity index (χ1v) is 8.09. The molecule has 1 heterocycles. The van der Waals surface area contributed by atoms with Gasteiger partial charge in [0.2, 0.25) is 0 Å². The van der Waals surface area contributed by atoms with Gasteiger partial charge < -0.3 is 10.4 Å². The standard InChI is InChI=1S/C18H17ClN4O/c19-17-15(4-3-13-7-14(11-24)9-21-8-13)5-6-16(18(17)23-20)22-10-12-1-2-12/h5-9,12,20,22,24H,1-2,10-11H2. The predicted molar refractivity (Wildman–Crippen MR) is 93.6 cm³/mol. The van der Waals surface area contributed by atoms with Crippen LogP contribution in [0.15, 0.2) is 35.7 Å². The molecular weight excluding hydrogens is 324 g/mol. The number of benzene rings is 1. The number of rotatable bonds is 5. The van der Waals surface area contributed by atoms with Gasteiger partial charge in [-0.3, -0.25) is 4.98 Å². The van der Waals surface area contributed by atoms with E-state index in [9.17, 15) is 0 Å². The Kier molecular flexibility index (Phi) is 5.09. The van der Waals surface area contributed by atoms with Crippen molar-refractivity contribution in [3.63, 3.8) is 0 Å². The minimum atomic E-state index is -0.0769. The zero-order valence-corrected chi connectivity index (χ0v) is 13.8. The first-order chi connectivity index (χ1) is 11.7. The molecule has 0 unspecified atom stereocenters. The fourth-order valence-electron chi connectivity index (χ4n) is 2.27. The molecule has 0 spiro atoms. The van der Waals surface area contributed by atoms with Crippen LogP contribution in [0.4, 0.5) is 11.4 Å². The number of hydrogen-bond donors (Lipinski definition) is 3. The zero-order chi connectivity index (χ0) is 16.9. The van der Waals surface area contributed by atoms with Crippen molar-refractivity contribution in [3.8, 4) is 11.8 Å². The van der Waals surface area contributed by atoms with E-state index in [4.69, 9.17) is 22.2 Å². The molecule has 3 N–H and O–H groups in total.